The number of benzene rings is 1. The van der Waals surface area contributed by atoms with Gasteiger partial charge in [-0.05, 0) is 29.9 Å². The number of hydrogen-bond donors (Lipinski definition) is 0. The lowest BCUT2D eigenvalue weighted by atomic mass is 9.97. The van der Waals surface area contributed by atoms with Crippen LogP contribution in [-0.2, 0) is 6.42 Å². The molecule has 1 aromatic carbocycles. The fourth-order valence-electron chi connectivity index (χ4n) is 1.54. The smallest absolute Gasteiger partial charge is 0.0193 e. The largest absolute Gasteiger partial charge is 0.0651 e. The van der Waals surface area contributed by atoms with Crippen LogP contribution in [0.5, 0.6) is 0 Å². The topological polar surface area (TPSA) is 0 Å². The second-order valence-electron chi connectivity index (χ2n) is 3.80. The van der Waals surface area contributed by atoms with Crippen molar-refractivity contribution in [2.75, 3.05) is 0 Å². The third-order valence-corrected chi connectivity index (χ3v) is 2.70. The van der Waals surface area contributed by atoms with Crippen LogP contribution in [-0.4, -0.2) is 0 Å². The molecular weight excluding hydrogens is 156 g/mol. The van der Waals surface area contributed by atoms with Crippen LogP contribution < -0.4 is 0 Å². The van der Waals surface area contributed by atoms with Gasteiger partial charge in [0, 0.05) is 0 Å². The van der Waals surface area contributed by atoms with Crippen LogP contribution >= 0.6 is 0 Å². The second-order valence-corrected chi connectivity index (χ2v) is 3.80. The molecule has 1 unspecified atom stereocenters. The van der Waals surface area contributed by atoms with E-state index in [1.54, 1.807) is 0 Å². The van der Waals surface area contributed by atoms with Gasteiger partial charge < -0.3 is 0 Å². The zero-order chi connectivity index (χ0) is 9.68. The van der Waals surface area contributed by atoms with E-state index < -0.39 is 0 Å². The summed E-state index contributed by atoms with van der Waals surface area (Å²) in [7, 11) is 0. The number of aryl methyl sites for hydroxylation is 1. The van der Waals surface area contributed by atoms with Gasteiger partial charge >= 0.3 is 0 Å². The van der Waals surface area contributed by atoms with Crippen molar-refractivity contribution in [2.24, 2.45) is 0 Å². The maximum Gasteiger partial charge on any atom is -0.0193 e. The molecule has 0 saturated heterocycles. The van der Waals surface area contributed by atoms with E-state index in [9.17, 15) is 0 Å². The highest BCUT2D eigenvalue weighted by Crippen LogP contribution is 2.19. The Hall–Kier alpha value is -0.780. The van der Waals surface area contributed by atoms with Crippen molar-refractivity contribution in [3.8, 4) is 0 Å². The quantitative estimate of drug-likeness (QED) is 0.646. The highest BCUT2D eigenvalue weighted by Gasteiger charge is 2.01. The molecule has 1 atom stereocenters. The first-order valence-corrected chi connectivity index (χ1v) is 5.36. The third-order valence-electron chi connectivity index (χ3n) is 2.70. The van der Waals surface area contributed by atoms with Gasteiger partial charge in [-0.3, -0.25) is 0 Å². The molecule has 0 aliphatic heterocycles. The number of hydrogen-bond acceptors (Lipinski definition) is 0. The zero-order valence-electron chi connectivity index (χ0n) is 9.01. The summed E-state index contributed by atoms with van der Waals surface area (Å²) in [5.74, 6) is 0.704. The molecule has 0 spiro atoms. The SMILES string of the molecule is CCCc1ccc(C(C)CC)cc1. The normalized spacial score (nSPS) is 12.8. The molecule has 0 heterocycles. The lowest BCUT2D eigenvalue weighted by Gasteiger charge is -2.09. The second kappa shape index (κ2) is 5.06. The van der Waals surface area contributed by atoms with E-state index in [0.29, 0.717) is 5.92 Å². The van der Waals surface area contributed by atoms with Crippen LogP contribution in [0.4, 0.5) is 0 Å². The van der Waals surface area contributed by atoms with E-state index in [1.165, 1.54) is 30.4 Å². The average Bonchev–Trinajstić information content (AvgIpc) is 2.18. The Bertz CT molecular complexity index is 233. The van der Waals surface area contributed by atoms with Crippen molar-refractivity contribution in [3.05, 3.63) is 35.4 Å². The van der Waals surface area contributed by atoms with Crippen molar-refractivity contribution in [1.82, 2.24) is 0 Å². The van der Waals surface area contributed by atoms with Crippen LogP contribution in [0.25, 0.3) is 0 Å². The van der Waals surface area contributed by atoms with E-state index in [4.69, 9.17) is 0 Å². The average molecular weight is 176 g/mol. The summed E-state index contributed by atoms with van der Waals surface area (Å²) in [4.78, 5) is 0. The van der Waals surface area contributed by atoms with Gasteiger partial charge in [0.15, 0.2) is 0 Å². The van der Waals surface area contributed by atoms with E-state index in [1.807, 2.05) is 0 Å². The van der Waals surface area contributed by atoms with Crippen molar-refractivity contribution in [1.29, 1.82) is 0 Å². The van der Waals surface area contributed by atoms with E-state index in [-0.39, 0.29) is 0 Å². The Morgan fingerprint density at radius 3 is 2.15 bits per heavy atom. The van der Waals surface area contributed by atoms with Crippen LogP contribution in [0.2, 0.25) is 0 Å². The Morgan fingerprint density at radius 1 is 1.08 bits per heavy atom. The molecule has 0 saturated carbocycles. The van der Waals surface area contributed by atoms with Crippen molar-refractivity contribution < 1.29 is 0 Å². The predicted molar refractivity (Wildman–Crippen MR) is 59.1 cm³/mol. The van der Waals surface area contributed by atoms with Gasteiger partial charge in [-0.15, -0.1) is 0 Å². The lowest BCUT2D eigenvalue weighted by molar-refractivity contribution is 0.732. The molecule has 1 aromatic rings. The summed E-state index contributed by atoms with van der Waals surface area (Å²) in [5.41, 5.74) is 2.94. The third kappa shape index (κ3) is 2.87. The molecule has 0 amide bonds. The molecular formula is C13H20. The fourth-order valence-corrected chi connectivity index (χ4v) is 1.54. The van der Waals surface area contributed by atoms with E-state index >= 15 is 0 Å². The van der Waals surface area contributed by atoms with Crippen LogP contribution in [0.15, 0.2) is 24.3 Å². The Morgan fingerprint density at radius 2 is 1.69 bits per heavy atom. The summed E-state index contributed by atoms with van der Waals surface area (Å²) < 4.78 is 0. The maximum absolute atomic E-state index is 2.29. The minimum absolute atomic E-state index is 0.704. The first-order valence-electron chi connectivity index (χ1n) is 5.36. The standard InChI is InChI=1S/C13H20/c1-4-6-12-7-9-13(10-8-12)11(3)5-2/h7-11H,4-6H2,1-3H3. The molecule has 0 fully saturated rings. The van der Waals surface area contributed by atoms with Gasteiger partial charge in [0.25, 0.3) is 0 Å². The van der Waals surface area contributed by atoms with Crippen LogP contribution in [0, 0.1) is 0 Å². The molecule has 0 aliphatic carbocycles. The Labute approximate surface area is 82.0 Å². The maximum atomic E-state index is 2.29. The lowest BCUT2D eigenvalue weighted by Crippen LogP contribution is -1.91. The van der Waals surface area contributed by atoms with Crippen molar-refractivity contribution >= 4 is 0 Å². The van der Waals surface area contributed by atoms with Gasteiger partial charge in [0.1, 0.15) is 0 Å². The first-order chi connectivity index (χ1) is 6.27. The molecule has 0 nitrogen and oxygen atoms in total. The molecule has 13 heavy (non-hydrogen) atoms. The summed E-state index contributed by atoms with van der Waals surface area (Å²) in [6, 6.07) is 9.09. The van der Waals surface area contributed by atoms with Crippen LogP contribution in [0.3, 0.4) is 0 Å². The monoisotopic (exact) mass is 176 g/mol. The van der Waals surface area contributed by atoms with Gasteiger partial charge in [0.2, 0.25) is 0 Å². The highest BCUT2D eigenvalue weighted by molar-refractivity contribution is 5.24. The summed E-state index contributed by atoms with van der Waals surface area (Å²) in [5, 5.41) is 0. The summed E-state index contributed by atoms with van der Waals surface area (Å²) >= 11 is 0. The first kappa shape index (κ1) is 10.3. The zero-order valence-corrected chi connectivity index (χ0v) is 9.01. The minimum atomic E-state index is 0.704. The van der Waals surface area contributed by atoms with Gasteiger partial charge in [-0.2, -0.15) is 0 Å². The van der Waals surface area contributed by atoms with Gasteiger partial charge in [0.05, 0.1) is 0 Å². The Kier molecular flexibility index (Phi) is 4.01. The molecule has 0 bridgehead atoms. The van der Waals surface area contributed by atoms with Gasteiger partial charge in [-0.25, -0.2) is 0 Å². The molecule has 0 N–H and O–H groups in total. The van der Waals surface area contributed by atoms with E-state index in [0.717, 1.165) is 0 Å². The summed E-state index contributed by atoms with van der Waals surface area (Å²) in [6.45, 7) is 6.75. The highest BCUT2D eigenvalue weighted by atomic mass is 14.1. The predicted octanol–water partition coefficient (Wildman–Crippen LogP) is 4.15. The molecule has 72 valence electrons. The molecule has 0 aromatic heterocycles. The van der Waals surface area contributed by atoms with Crippen LogP contribution in [0.1, 0.15) is 50.7 Å². The molecule has 0 radical (unpaired) electrons. The number of rotatable bonds is 4. The molecule has 1 rings (SSSR count). The van der Waals surface area contributed by atoms with Crippen molar-refractivity contribution in [3.63, 3.8) is 0 Å². The molecule has 0 heteroatoms. The Balaban J connectivity index is 2.69. The molecule has 0 aliphatic rings. The van der Waals surface area contributed by atoms with Crippen molar-refractivity contribution in [2.45, 2.75) is 46.0 Å². The van der Waals surface area contributed by atoms with Gasteiger partial charge in [-0.1, -0.05) is 51.5 Å². The fraction of sp³-hybridized carbons (Fsp3) is 0.538. The minimum Gasteiger partial charge on any atom is -0.0651 e. The summed E-state index contributed by atoms with van der Waals surface area (Å²) in [6.07, 6.45) is 3.68. The van der Waals surface area contributed by atoms with E-state index in [2.05, 4.69) is 45.0 Å².